The van der Waals surface area contributed by atoms with Crippen molar-refractivity contribution in [1.82, 2.24) is 0 Å². The van der Waals surface area contributed by atoms with Crippen LogP contribution in [0.25, 0.3) is 0 Å². The summed E-state index contributed by atoms with van der Waals surface area (Å²) in [4.78, 5) is 13.9. The van der Waals surface area contributed by atoms with Crippen molar-refractivity contribution < 1.29 is 4.79 Å². The molecule has 2 aromatic carbocycles. The minimum atomic E-state index is 0.000639. The molecule has 18 heavy (non-hydrogen) atoms. The second-order valence-corrected chi connectivity index (χ2v) is 4.21. The van der Waals surface area contributed by atoms with E-state index in [1.54, 1.807) is 23.1 Å². The third kappa shape index (κ3) is 1.56. The maximum absolute atomic E-state index is 12.2. The van der Waals surface area contributed by atoms with E-state index >= 15 is 0 Å². The van der Waals surface area contributed by atoms with Crippen LogP contribution in [0.3, 0.4) is 0 Å². The van der Waals surface area contributed by atoms with Crippen molar-refractivity contribution in [2.45, 2.75) is 6.54 Å². The lowest BCUT2D eigenvalue weighted by Gasteiger charge is -2.15. The molecule has 0 aromatic heterocycles. The molecular formula is C15H10N2O. The summed E-state index contributed by atoms with van der Waals surface area (Å²) in [7, 11) is 0. The minimum Gasteiger partial charge on any atom is -0.304 e. The Bertz CT molecular complexity index is 670. The standard InChI is InChI=1S/C15H10N2O/c16-9-11-4-3-6-13(8-11)17-10-12-5-1-2-7-14(12)15(17)18/h1-8H,10H2. The molecule has 0 aliphatic carbocycles. The maximum Gasteiger partial charge on any atom is 0.258 e. The number of carbonyl (C=O) groups is 1. The van der Waals surface area contributed by atoms with Gasteiger partial charge in [0.25, 0.3) is 5.91 Å². The zero-order chi connectivity index (χ0) is 12.5. The SMILES string of the molecule is N#Cc1cccc(N2Cc3ccccc3C2=O)c1. The monoisotopic (exact) mass is 234 g/mol. The summed E-state index contributed by atoms with van der Waals surface area (Å²) in [6, 6.07) is 16.8. The van der Waals surface area contributed by atoms with Crippen LogP contribution in [0.2, 0.25) is 0 Å². The first-order valence-corrected chi connectivity index (χ1v) is 5.69. The lowest BCUT2D eigenvalue weighted by atomic mass is 10.1. The van der Waals surface area contributed by atoms with Crippen molar-refractivity contribution in [1.29, 1.82) is 5.26 Å². The molecule has 0 unspecified atom stereocenters. The van der Waals surface area contributed by atoms with Crippen molar-refractivity contribution in [2.75, 3.05) is 4.90 Å². The number of nitriles is 1. The predicted molar refractivity (Wildman–Crippen MR) is 68.1 cm³/mol. The van der Waals surface area contributed by atoms with Gasteiger partial charge in [-0.05, 0) is 29.8 Å². The molecule has 0 saturated carbocycles. The van der Waals surface area contributed by atoms with Gasteiger partial charge in [0.2, 0.25) is 0 Å². The molecule has 0 spiro atoms. The van der Waals surface area contributed by atoms with Crippen LogP contribution in [0.4, 0.5) is 5.69 Å². The van der Waals surface area contributed by atoms with Gasteiger partial charge in [-0.3, -0.25) is 4.79 Å². The molecule has 0 radical (unpaired) electrons. The molecule has 0 fully saturated rings. The van der Waals surface area contributed by atoms with E-state index in [1.807, 2.05) is 30.3 Å². The molecule has 1 heterocycles. The zero-order valence-corrected chi connectivity index (χ0v) is 9.63. The summed E-state index contributed by atoms with van der Waals surface area (Å²) in [5, 5.41) is 8.89. The number of amides is 1. The van der Waals surface area contributed by atoms with Gasteiger partial charge in [-0.25, -0.2) is 0 Å². The van der Waals surface area contributed by atoms with E-state index in [0.717, 1.165) is 16.8 Å². The van der Waals surface area contributed by atoms with Crippen LogP contribution in [0.5, 0.6) is 0 Å². The first kappa shape index (κ1) is 10.5. The highest BCUT2D eigenvalue weighted by molar-refractivity contribution is 6.10. The van der Waals surface area contributed by atoms with Crippen molar-refractivity contribution >= 4 is 11.6 Å². The Morgan fingerprint density at radius 3 is 2.72 bits per heavy atom. The Morgan fingerprint density at radius 2 is 1.94 bits per heavy atom. The third-order valence-electron chi connectivity index (χ3n) is 3.11. The first-order valence-electron chi connectivity index (χ1n) is 5.69. The molecule has 2 aromatic rings. The third-order valence-corrected chi connectivity index (χ3v) is 3.11. The highest BCUT2D eigenvalue weighted by Gasteiger charge is 2.27. The fourth-order valence-electron chi connectivity index (χ4n) is 2.21. The van der Waals surface area contributed by atoms with Gasteiger partial charge in [-0.2, -0.15) is 5.26 Å². The number of benzene rings is 2. The zero-order valence-electron chi connectivity index (χ0n) is 9.63. The van der Waals surface area contributed by atoms with E-state index in [-0.39, 0.29) is 5.91 Å². The van der Waals surface area contributed by atoms with Crippen molar-refractivity contribution in [3.63, 3.8) is 0 Å². The largest absolute Gasteiger partial charge is 0.304 e. The highest BCUT2D eigenvalue weighted by atomic mass is 16.2. The molecule has 0 N–H and O–H groups in total. The molecule has 86 valence electrons. The van der Waals surface area contributed by atoms with Crippen LogP contribution in [-0.4, -0.2) is 5.91 Å². The molecule has 3 heteroatoms. The Labute approximate surface area is 105 Å². The Kier molecular flexibility index (Phi) is 2.35. The number of anilines is 1. The van der Waals surface area contributed by atoms with Gasteiger partial charge < -0.3 is 4.90 Å². The lowest BCUT2D eigenvalue weighted by molar-refractivity contribution is 0.0996. The van der Waals surface area contributed by atoms with Crippen LogP contribution < -0.4 is 4.90 Å². The van der Waals surface area contributed by atoms with E-state index in [9.17, 15) is 4.79 Å². The van der Waals surface area contributed by atoms with Gasteiger partial charge >= 0.3 is 0 Å². The average molecular weight is 234 g/mol. The van der Waals surface area contributed by atoms with Crippen molar-refractivity contribution in [2.24, 2.45) is 0 Å². The molecular weight excluding hydrogens is 224 g/mol. The first-order chi connectivity index (χ1) is 8.79. The number of nitrogens with zero attached hydrogens (tertiary/aromatic N) is 2. The summed E-state index contributed by atoms with van der Waals surface area (Å²) in [6.45, 7) is 0.573. The van der Waals surface area contributed by atoms with E-state index in [1.165, 1.54) is 0 Å². The topological polar surface area (TPSA) is 44.1 Å². The smallest absolute Gasteiger partial charge is 0.258 e. The molecule has 0 bridgehead atoms. The predicted octanol–water partition coefficient (Wildman–Crippen LogP) is 2.72. The van der Waals surface area contributed by atoms with Gasteiger partial charge in [-0.1, -0.05) is 24.3 Å². The number of hydrogen-bond acceptors (Lipinski definition) is 2. The van der Waals surface area contributed by atoms with Crippen LogP contribution in [0.15, 0.2) is 48.5 Å². The van der Waals surface area contributed by atoms with E-state index < -0.39 is 0 Å². The van der Waals surface area contributed by atoms with Gasteiger partial charge in [0.05, 0.1) is 18.2 Å². The molecule has 3 rings (SSSR count). The normalized spacial score (nSPS) is 13.3. The van der Waals surface area contributed by atoms with Crippen LogP contribution in [0, 0.1) is 11.3 Å². The lowest BCUT2D eigenvalue weighted by Crippen LogP contribution is -2.22. The number of rotatable bonds is 1. The van der Waals surface area contributed by atoms with E-state index in [0.29, 0.717) is 12.1 Å². The van der Waals surface area contributed by atoms with Gasteiger partial charge in [0.1, 0.15) is 0 Å². The summed E-state index contributed by atoms with van der Waals surface area (Å²) in [5.41, 5.74) is 3.12. The fourth-order valence-corrected chi connectivity index (χ4v) is 2.21. The fraction of sp³-hybridized carbons (Fsp3) is 0.0667. The number of fused-ring (bicyclic) bond motifs is 1. The summed E-state index contributed by atoms with van der Waals surface area (Å²) in [6.07, 6.45) is 0. The van der Waals surface area contributed by atoms with E-state index in [4.69, 9.17) is 5.26 Å². The number of hydrogen-bond donors (Lipinski definition) is 0. The van der Waals surface area contributed by atoms with Crippen LogP contribution >= 0.6 is 0 Å². The molecule has 1 aliphatic heterocycles. The Balaban J connectivity index is 2.02. The Hall–Kier alpha value is -2.60. The number of carbonyl (C=O) groups excluding carboxylic acids is 1. The summed E-state index contributed by atoms with van der Waals surface area (Å²) in [5.74, 6) is 0.000639. The molecule has 1 aliphatic rings. The molecule has 1 amide bonds. The van der Waals surface area contributed by atoms with Gasteiger partial charge in [0, 0.05) is 11.3 Å². The van der Waals surface area contributed by atoms with Crippen LogP contribution in [0.1, 0.15) is 21.5 Å². The average Bonchev–Trinajstić information content (AvgIpc) is 2.77. The maximum atomic E-state index is 12.2. The quantitative estimate of drug-likeness (QED) is 0.761. The van der Waals surface area contributed by atoms with E-state index in [2.05, 4.69) is 6.07 Å². The Morgan fingerprint density at radius 1 is 1.11 bits per heavy atom. The van der Waals surface area contributed by atoms with Crippen molar-refractivity contribution in [3.05, 3.63) is 65.2 Å². The highest BCUT2D eigenvalue weighted by Crippen LogP contribution is 2.28. The summed E-state index contributed by atoms with van der Waals surface area (Å²) >= 11 is 0. The molecule has 3 nitrogen and oxygen atoms in total. The van der Waals surface area contributed by atoms with Gasteiger partial charge in [0.15, 0.2) is 0 Å². The van der Waals surface area contributed by atoms with Crippen LogP contribution in [-0.2, 0) is 6.54 Å². The summed E-state index contributed by atoms with van der Waals surface area (Å²) < 4.78 is 0. The molecule has 0 atom stereocenters. The minimum absolute atomic E-state index is 0.000639. The second kappa shape index (κ2) is 4.01. The van der Waals surface area contributed by atoms with Crippen molar-refractivity contribution in [3.8, 4) is 6.07 Å². The molecule has 0 saturated heterocycles. The van der Waals surface area contributed by atoms with Gasteiger partial charge in [-0.15, -0.1) is 0 Å². The second-order valence-electron chi connectivity index (χ2n) is 4.21.